The first-order valence-electron chi connectivity index (χ1n) is 12.1. The molecule has 7 nitrogen and oxygen atoms in total. The third-order valence-electron chi connectivity index (χ3n) is 6.53. The molecule has 2 aliphatic heterocycles. The molecule has 35 heavy (non-hydrogen) atoms. The molecule has 1 amide bonds. The van der Waals surface area contributed by atoms with E-state index in [4.69, 9.17) is 25.6 Å². The maximum Gasteiger partial charge on any atom is 0.254 e. The standard InChI is InChI=1S/C27H30ClN3O4/c1-19-4-2-5-21(16-19)25-24(27(35-29-25)30-11-14-33-15-12-30)18-31(17-23-6-3-13-34-23)26(32)20-7-9-22(28)10-8-20/h2,4-5,7-10,16,23H,3,6,11-15,17-18H2,1H3/t23-/m0/s1. The minimum Gasteiger partial charge on any atom is -0.378 e. The van der Waals surface area contributed by atoms with Gasteiger partial charge in [-0.15, -0.1) is 0 Å². The molecule has 0 bridgehead atoms. The van der Waals surface area contributed by atoms with Crippen molar-refractivity contribution >= 4 is 23.4 Å². The van der Waals surface area contributed by atoms with Crippen LogP contribution in [0.5, 0.6) is 0 Å². The summed E-state index contributed by atoms with van der Waals surface area (Å²) in [5.41, 5.74) is 4.36. The molecule has 0 N–H and O–H groups in total. The number of ether oxygens (including phenoxy) is 2. The molecule has 1 aromatic heterocycles. The van der Waals surface area contributed by atoms with Crippen molar-refractivity contribution in [3.63, 3.8) is 0 Å². The molecule has 0 aliphatic carbocycles. The first-order chi connectivity index (χ1) is 17.1. The highest BCUT2D eigenvalue weighted by molar-refractivity contribution is 6.30. The van der Waals surface area contributed by atoms with Gasteiger partial charge in [-0.1, -0.05) is 40.5 Å². The van der Waals surface area contributed by atoms with Gasteiger partial charge >= 0.3 is 0 Å². The Labute approximate surface area is 210 Å². The predicted octanol–water partition coefficient (Wildman–Crippen LogP) is 4.96. The van der Waals surface area contributed by atoms with Crippen molar-refractivity contribution in [1.29, 1.82) is 0 Å². The van der Waals surface area contributed by atoms with Gasteiger partial charge in [0.05, 0.1) is 31.4 Å². The highest BCUT2D eigenvalue weighted by atomic mass is 35.5. The number of carbonyl (C=O) groups is 1. The average molecular weight is 496 g/mol. The quantitative estimate of drug-likeness (QED) is 0.461. The van der Waals surface area contributed by atoms with E-state index in [1.165, 1.54) is 0 Å². The molecule has 3 heterocycles. The lowest BCUT2D eigenvalue weighted by Crippen LogP contribution is -2.39. The molecular weight excluding hydrogens is 466 g/mol. The minimum absolute atomic E-state index is 0.0142. The van der Waals surface area contributed by atoms with Gasteiger partial charge in [0.2, 0.25) is 5.88 Å². The van der Waals surface area contributed by atoms with Crippen LogP contribution in [0.4, 0.5) is 5.88 Å². The SMILES string of the molecule is Cc1cccc(-c2noc(N3CCOCC3)c2CN(C[C@@H]2CCCO2)C(=O)c2ccc(Cl)cc2)c1. The summed E-state index contributed by atoms with van der Waals surface area (Å²) in [6, 6.07) is 15.2. The summed E-state index contributed by atoms with van der Waals surface area (Å²) >= 11 is 6.08. The Bertz CT molecular complexity index is 1150. The number of hydrogen-bond acceptors (Lipinski definition) is 6. The topological polar surface area (TPSA) is 68.0 Å². The largest absolute Gasteiger partial charge is 0.378 e. The zero-order chi connectivity index (χ0) is 24.2. The van der Waals surface area contributed by atoms with Crippen molar-refractivity contribution in [2.75, 3.05) is 44.4 Å². The van der Waals surface area contributed by atoms with E-state index in [2.05, 4.69) is 29.1 Å². The monoisotopic (exact) mass is 495 g/mol. The third-order valence-corrected chi connectivity index (χ3v) is 6.78. The van der Waals surface area contributed by atoms with E-state index in [0.29, 0.717) is 55.9 Å². The van der Waals surface area contributed by atoms with E-state index in [-0.39, 0.29) is 12.0 Å². The van der Waals surface area contributed by atoms with Crippen LogP contribution >= 0.6 is 11.6 Å². The van der Waals surface area contributed by atoms with Gasteiger partial charge in [0.1, 0.15) is 5.69 Å². The highest BCUT2D eigenvalue weighted by Crippen LogP contribution is 2.34. The smallest absolute Gasteiger partial charge is 0.254 e. The minimum atomic E-state index is -0.0681. The fourth-order valence-electron chi connectivity index (χ4n) is 4.70. The number of nitrogens with zero attached hydrogens (tertiary/aromatic N) is 3. The second-order valence-electron chi connectivity index (χ2n) is 9.11. The molecule has 0 spiro atoms. The van der Waals surface area contributed by atoms with E-state index < -0.39 is 0 Å². The van der Waals surface area contributed by atoms with Crippen LogP contribution in [-0.2, 0) is 16.0 Å². The van der Waals surface area contributed by atoms with Gasteiger partial charge in [-0.05, 0) is 50.1 Å². The lowest BCUT2D eigenvalue weighted by Gasteiger charge is -2.29. The normalized spacial score (nSPS) is 18.1. The van der Waals surface area contributed by atoms with Gasteiger partial charge in [-0.2, -0.15) is 0 Å². The number of rotatable bonds is 7. The number of anilines is 1. The van der Waals surface area contributed by atoms with Gasteiger partial charge in [-0.3, -0.25) is 4.79 Å². The summed E-state index contributed by atoms with van der Waals surface area (Å²) in [5.74, 6) is 0.632. The Hall–Kier alpha value is -2.87. The number of hydrogen-bond donors (Lipinski definition) is 0. The summed E-state index contributed by atoms with van der Waals surface area (Å²) in [4.78, 5) is 17.7. The second-order valence-corrected chi connectivity index (χ2v) is 9.55. The molecule has 0 saturated carbocycles. The number of aromatic nitrogens is 1. The summed E-state index contributed by atoms with van der Waals surface area (Å²) in [6.45, 7) is 6.34. The maximum atomic E-state index is 13.7. The van der Waals surface area contributed by atoms with Crippen molar-refractivity contribution in [2.24, 2.45) is 0 Å². The number of morpholine rings is 1. The molecule has 8 heteroatoms. The van der Waals surface area contributed by atoms with Crippen LogP contribution in [0.1, 0.15) is 34.3 Å². The lowest BCUT2D eigenvalue weighted by atomic mass is 10.0. The van der Waals surface area contributed by atoms with Crippen LogP contribution in [0.25, 0.3) is 11.3 Å². The second kappa shape index (κ2) is 10.8. The molecule has 2 fully saturated rings. The van der Waals surface area contributed by atoms with Gasteiger partial charge in [0.25, 0.3) is 5.91 Å². The number of aryl methyl sites for hydroxylation is 1. The molecule has 2 aliphatic rings. The van der Waals surface area contributed by atoms with Crippen molar-refractivity contribution in [3.05, 3.63) is 70.2 Å². The molecule has 2 aromatic carbocycles. The Kier molecular flexibility index (Phi) is 7.37. The number of benzene rings is 2. The lowest BCUT2D eigenvalue weighted by molar-refractivity contribution is 0.0507. The first kappa shape index (κ1) is 23.9. The van der Waals surface area contributed by atoms with Crippen LogP contribution in [0.3, 0.4) is 0 Å². The van der Waals surface area contributed by atoms with Crippen LogP contribution in [0.15, 0.2) is 53.1 Å². The van der Waals surface area contributed by atoms with E-state index >= 15 is 0 Å². The van der Waals surface area contributed by atoms with Gasteiger partial charge < -0.3 is 23.8 Å². The Balaban J connectivity index is 1.52. The van der Waals surface area contributed by atoms with Crippen molar-refractivity contribution in [2.45, 2.75) is 32.4 Å². The highest BCUT2D eigenvalue weighted by Gasteiger charge is 2.30. The average Bonchev–Trinajstić information content (AvgIpc) is 3.54. The number of halogens is 1. The molecule has 3 aromatic rings. The van der Waals surface area contributed by atoms with Crippen LogP contribution < -0.4 is 4.90 Å². The number of amides is 1. The van der Waals surface area contributed by atoms with Crippen LogP contribution in [0.2, 0.25) is 5.02 Å². The Morgan fingerprint density at radius 2 is 1.94 bits per heavy atom. The fourth-order valence-corrected chi connectivity index (χ4v) is 4.82. The molecule has 0 radical (unpaired) electrons. The van der Waals surface area contributed by atoms with Crippen molar-refractivity contribution in [3.8, 4) is 11.3 Å². The Morgan fingerprint density at radius 3 is 2.66 bits per heavy atom. The van der Waals surface area contributed by atoms with Gasteiger partial charge in [0, 0.05) is 42.4 Å². The van der Waals surface area contributed by atoms with E-state index in [9.17, 15) is 4.79 Å². The van der Waals surface area contributed by atoms with Gasteiger partial charge in [-0.25, -0.2) is 0 Å². The van der Waals surface area contributed by atoms with Crippen molar-refractivity contribution in [1.82, 2.24) is 10.1 Å². The molecule has 1 atom stereocenters. The molecular formula is C27H30ClN3O4. The molecule has 2 saturated heterocycles. The van der Waals surface area contributed by atoms with E-state index in [1.807, 2.05) is 17.0 Å². The molecule has 0 unspecified atom stereocenters. The third kappa shape index (κ3) is 5.53. The summed E-state index contributed by atoms with van der Waals surface area (Å²) in [5, 5.41) is 5.09. The summed E-state index contributed by atoms with van der Waals surface area (Å²) in [7, 11) is 0. The molecule has 184 valence electrons. The summed E-state index contributed by atoms with van der Waals surface area (Å²) < 4.78 is 17.4. The number of carbonyl (C=O) groups excluding carboxylic acids is 1. The zero-order valence-corrected chi connectivity index (χ0v) is 20.7. The van der Waals surface area contributed by atoms with Crippen LogP contribution in [-0.4, -0.2) is 61.5 Å². The van der Waals surface area contributed by atoms with Crippen LogP contribution in [0, 0.1) is 6.92 Å². The van der Waals surface area contributed by atoms with Gasteiger partial charge in [0.15, 0.2) is 0 Å². The zero-order valence-electron chi connectivity index (χ0n) is 19.9. The predicted molar refractivity (Wildman–Crippen MR) is 135 cm³/mol. The maximum absolute atomic E-state index is 13.7. The van der Waals surface area contributed by atoms with Crippen molar-refractivity contribution < 1.29 is 18.8 Å². The first-order valence-corrected chi connectivity index (χ1v) is 12.5. The fraction of sp³-hybridized carbons (Fsp3) is 0.407. The van der Waals surface area contributed by atoms with E-state index in [1.54, 1.807) is 24.3 Å². The van der Waals surface area contributed by atoms with E-state index in [0.717, 1.165) is 41.8 Å². The molecule has 5 rings (SSSR count). The Morgan fingerprint density at radius 1 is 1.14 bits per heavy atom. The summed E-state index contributed by atoms with van der Waals surface area (Å²) in [6.07, 6.45) is 1.96.